The molecule has 0 atom stereocenters. The molecule has 0 amide bonds. The summed E-state index contributed by atoms with van der Waals surface area (Å²) >= 11 is 8.71. The molecule has 0 heterocycles. The van der Waals surface area contributed by atoms with Gasteiger partial charge in [0.25, 0.3) is 0 Å². The zero-order valence-electron chi connectivity index (χ0n) is 7.01. The molecule has 0 aromatic heterocycles. The van der Waals surface area contributed by atoms with Gasteiger partial charge in [-0.3, -0.25) is 0 Å². The van der Waals surface area contributed by atoms with Crippen LogP contribution in [0.3, 0.4) is 0 Å². The first-order valence-electron chi connectivity index (χ1n) is 3.57. The zero-order chi connectivity index (χ0) is 11.4. The summed E-state index contributed by atoms with van der Waals surface area (Å²) in [5, 5.41) is -0.0770. The van der Waals surface area contributed by atoms with E-state index in [0.717, 1.165) is 0 Å². The molecule has 0 aliphatic heterocycles. The van der Waals surface area contributed by atoms with Crippen LogP contribution in [0.1, 0.15) is 0 Å². The molecule has 0 unspecified atom stereocenters. The van der Waals surface area contributed by atoms with E-state index in [9.17, 15) is 13.6 Å². The first kappa shape index (κ1) is 12.1. The largest absolute Gasteiger partial charge is 0.431 e. The first-order valence-corrected chi connectivity index (χ1v) is 4.74. The molecule has 3 nitrogen and oxygen atoms in total. The lowest BCUT2D eigenvalue weighted by molar-refractivity contribution is -0.0494. The van der Waals surface area contributed by atoms with Gasteiger partial charge in [0.15, 0.2) is 5.75 Å². The number of carbonyl (C=O) groups excluding carboxylic acids is 1. The maximum absolute atomic E-state index is 12.0. The third kappa shape index (κ3) is 2.99. The van der Waals surface area contributed by atoms with Gasteiger partial charge in [-0.1, -0.05) is 11.6 Å². The van der Waals surface area contributed by atoms with Crippen molar-refractivity contribution >= 4 is 39.3 Å². The Labute approximate surface area is 96.8 Å². The van der Waals surface area contributed by atoms with Crippen LogP contribution in [0.25, 0.3) is 0 Å². The average Bonchev–Trinajstić information content (AvgIpc) is 2.17. The van der Waals surface area contributed by atoms with Crippen LogP contribution in [0.2, 0.25) is 5.02 Å². The van der Waals surface area contributed by atoms with Crippen molar-refractivity contribution in [3.05, 3.63) is 21.6 Å². The number of benzene rings is 1. The Morgan fingerprint density at radius 2 is 2.20 bits per heavy atom. The Hall–Kier alpha value is -0.970. The molecule has 1 rings (SSSR count). The quantitative estimate of drug-likeness (QED) is 0.631. The lowest BCUT2D eigenvalue weighted by atomic mass is 10.3. The molecule has 0 aliphatic carbocycles. The Morgan fingerprint density at radius 3 is 2.73 bits per heavy atom. The van der Waals surface area contributed by atoms with Gasteiger partial charge in [-0.05, 0) is 28.1 Å². The van der Waals surface area contributed by atoms with Gasteiger partial charge in [-0.2, -0.15) is 13.8 Å². The lowest BCUT2D eigenvalue weighted by Crippen LogP contribution is -2.02. The molecule has 80 valence electrons. The lowest BCUT2D eigenvalue weighted by Gasteiger charge is -2.09. The summed E-state index contributed by atoms with van der Waals surface area (Å²) in [5.41, 5.74) is -0.0986. The summed E-state index contributed by atoms with van der Waals surface area (Å²) in [6.07, 6.45) is 1.22. The smallest absolute Gasteiger partial charge is 0.387 e. The van der Waals surface area contributed by atoms with E-state index in [4.69, 9.17) is 11.6 Å². The number of alkyl halides is 2. The second-order valence-corrected chi connectivity index (χ2v) is 3.52. The highest BCUT2D eigenvalue weighted by molar-refractivity contribution is 9.10. The van der Waals surface area contributed by atoms with Crippen LogP contribution in [0.5, 0.6) is 5.75 Å². The van der Waals surface area contributed by atoms with Gasteiger partial charge in [0.2, 0.25) is 6.08 Å². The monoisotopic (exact) mass is 297 g/mol. The molecular formula is C8H3BrClF2NO2. The molecule has 0 radical (unpaired) electrons. The van der Waals surface area contributed by atoms with Crippen LogP contribution in [0, 0.1) is 0 Å². The van der Waals surface area contributed by atoms with Crippen molar-refractivity contribution < 1.29 is 18.3 Å². The maximum atomic E-state index is 12.0. The predicted molar refractivity (Wildman–Crippen MR) is 53.6 cm³/mol. The minimum atomic E-state index is -3.04. The number of hydrogen-bond donors (Lipinski definition) is 0. The van der Waals surface area contributed by atoms with Gasteiger partial charge >= 0.3 is 6.61 Å². The van der Waals surface area contributed by atoms with Crippen molar-refractivity contribution in [2.45, 2.75) is 6.61 Å². The van der Waals surface area contributed by atoms with Crippen LogP contribution in [-0.2, 0) is 4.79 Å². The Balaban J connectivity index is 3.27. The zero-order valence-corrected chi connectivity index (χ0v) is 9.35. The number of isocyanates is 1. The molecule has 0 spiro atoms. The fourth-order valence-corrected chi connectivity index (χ4v) is 1.38. The van der Waals surface area contributed by atoms with Crippen LogP contribution in [-0.4, -0.2) is 12.7 Å². The van der Waals surface area contributed by atoms with Gasteiger partial charge in [-0.25, -0.2) is 4.79 Å². The normalized spacial score (nSPS) is 9.93. The summed E-state index contributed by atoms with van der Waals surface area (Å²) in [7, 11) is 0. The second kappa shape index (κ2) is 5.21. The van der Waals surface area contributed by atoms with E-state index in [1.165, 1.54) is 18.2 Å². The van der Waals surface area contributed by atoms with E-state index in [-0.39, 0.29) is 16.5 Å². The first-order chi connectivity index (χ1) is 7.06. The summed E-state index contributed by atoms with van der Waals surface area (Å²) < 4.78 is 28.5. The molecule has 1 aromatic carbocycles. The maximum Gasteiger partial charge on any atom is 0.387 e. The summed E-state index contributed by atoms with van der Waals surface area (Å²) in [6.45, 7) is -3.04. The molecule has 0 aliphatic rings. The standard InChI is InChI=1S/C8H3BrClF2NO2/c9-4-1-2-5(13-3-14)7(6(4)10)15-8(11)12/h1-2,8H. The minimum absolute atomic E-state index is 0.0770. The molecule has 0 saturated heterocycles. The molecule has 0 fully saturated rings. The SMILES string of the molecule is O=C=Nc1ccc(Br)c(Cl)c1OC(F)F. The highest BCUT2D eigenvalue weighted by atomic mass is 79.9. The Kier molecular flexibility index (Phi) is 4.20. The van der Waals surface area contributed by atoms with E-state index >= 15 is 0 Å². The van der Waals surface area contributed by atoms with E-state index in [2.05, 4.69) is 25.7 Å². The van der Waals surface area contributed by atoms with Gasteiger partial charge in [-0.15, -0.1) is 0 Å². The molecule has 1 aromatic rings. The van der Waals surface area contributed by atoms with E-state index in [0.29, 0.717) is 4.47 Å². The van der Waals surface area contributed by atoms with Gasteiger partial charge in [0.1, 0.15) is 5.69 Å². The summed E-state index contributed by atoms with van der Waals surface area (Å²) in [5.74, 6) is -0.357. The van der Waals surface area contributed by atoms with Crippen molar-refractivity contribution in [2.75, 3.05) is 0 Å². The number of ether oxygens (including phenoxy) is 1. The van der Waals surface area contributed by atoms with Crippen LogP contribution >= 0.6 is 27.5 Å². The topological polar surface area (TPSA) is 38.7 Å². The van der Waals surface area contributed by atoms with Gasteiger partial charge in [0.05, 0.1) is 5.02 Å². The molecule has 0 N–H and O–H groups in total. The predicted octanol–water partition coefficient (Wildman–Crippen LogP) is 3.67. The van der Waals surface area contributed by atoms with Crippen molar-refractivity contribution in [3.63, 3.8) is 0 Å². The summed E-state index contributed by atoms with van der Waals surface area (Å²) in [4.78, 5) is 13.2. The van der Waals surface area contributed by atoms with Gasteiger partial charge < -0.3 is 4.74 Å². The molecular weight excluding hydrogens is 295 g/mol. The Morgan fingerprint density at radius 1 is 1.53 bits per heavy atom. The Bertz CT molecular complexity index is 421. The fraction of sp³-hybridized carbons (Fsp3) is 0.125. The van der Waals surface area contributed by atoms with E-state index in [1.54, 1.807) is 0 Å². The number of halogens is 4. The number of nitrogens with zero attached hydrogens (tertiary/aromatic N) is 1. The van der Waals surface area contributed by atoms with Crippen LogP contribution < -0.4 is 4.74 Å². The number of hydrogen-bond acceptors (Lipinski definition) is 3. The van der Waals surface area contributed by atoms with E-state index < -0.39 is 6.61 Å². The third-order valence-corrected chi connectivity index (χ3v) is 2.67. The number of rotatable bonds is 3. The fourth-order valence-electron chi connectivity index (χ4n) is 0.860. The van der Waals surface area contributed by atoms with Crippen molar-refractivity contribution in [2.24, 2.45) is 4.99 Å². The summed E-state index contributed by atoms with van der Waals surface area (Å²) in [6, 6.07) is 2.76. The van der Waals surface area contributed by atoms with Gasteiger partial charge in [0, 0.05) is 4.47 Å². The average molecular weight is 298 g/mol. The van der Waals surface area contributed by atoms with Crippen molar-refractivity contribution in [3.8, 4) is 5.75 Å². The number of aliphatic imine (C=N–C) groups is 1. The van der Waals surface area contributed by atoms with Crippen LogP contribution in [0.4, 0.5) is 14.5 Å². The molecule has 0 saturated carbocycles. The highest BCUT2D eigenvalue weighted by Crippen LogP contribution is 2.40. The van der Waals surface area contributed by atoms with Crippen molar-refractivity contribution in [1.29, 1.82) is 0 Å². The van der Waals surface area contributed by atoms with Crippen LogP contribution in [0.15, 0.2) is 21.6 Å². The molecule has 0 bridgehead atoms. The minimum Gasteiger partial charge on any atom is -0.431 e. The second-order valence-electron chi connectivity index (χ2n) is 2.29. The highest BCUT2D eigenvalue weighted by Gasteiger charge is 2.15. The van der Waals surface area contributed by atoms with E-state index in [1.807, 2.05) is 0 Å². The van der Waals surface area contributed by atoms with Crippen molar-refractivity contribution in [1.82, 2.24) is 0 Å². The third-order valence-electron chi connectivity index (χ3n) is 1.40. The molecule has 7 heteroatoms. The molecule has 15 heavy (non-hydrogen) atoms.